The minimum absolute atomic E-state index is 0.132. The van der Waals surface area contributed by atoms with Crippen molar-refractivity contribution in [3.05, 3.63) is 58.4 Å². The Kier molecular flexibility index (Phi) is 7.58. The van der Waals surface area contributed by atoms with Crippen LogP contribution >= 0.6 is 11.6 Å². The molecule has 2 aromatic rings. The second kappa shape index (κ2) is 9.32. The summed E-state index contributed by atoms with van der Waals surface area (Å²) in [5.41, 5.74) is -3.26. The van der Waals surface area contributed by atoms with Crippen LogP contribution in [0.25, 0.3) is 0 Å². The Hall–Kier alpha value is -1.47. The Balaban J connectivity index is 2.13. The summed E-state index contributed by atoms with van der Waals surface area (Å²) in [7, 11) is 61.3. The van der Waals surface area contributed by atoms with Crippen molar-refractivity contribution in [1.82, 2.24) is 20.2 Å². The molecule has 18 heteroatoms. The number of nitrogens with zero attached hydrogens (tertiary/aromatic N) is 3. The van der Waals surface area contributed by atoms with Crippen LogP contribution < -0.4 is 5.32 Å². The van der Waals surface area contributed by atoms with Gasteiger partial charge in [-0.25, -0.2) is 18.7 Å². The third-order valence-corrected chi connectivity index (χ3v) is 6.81. The van der Waals surface area contributed by atoms with Gasteiger partial charge in [-0.1, -0.05) is 22.0 Å². The zero-order valence-corrected chi connectivity index (χ0v) is 20.5. The van der Waals surface area contributed by atoms with Crippen LogP contribution in [0.2, 0.25) is 15.5 Å². The van der Waals surface area contributed by atoms with E-state index in [1.165, 1.54) is 12.4 Å². The standard InChI is InChI=1S/C19H11B10ClF2N4O/c1-8-5-33-12(34-6-8)7-35-17(24,25)14(32)15(20,21)18(26,27)36(19(28,29)16(14,22)23)13(37)9-2-3-11(31)10(30)4-9/h2-6,35H,7H2,1H3. The predicted molar refractivity (Wildman–Crippen MR) is 146 cm³/mol. The average Bonchev–Trinajstić information content (AvgIpc) is 2.78. The van der Waals surface area contributed by atoms with Gasteiger partial charge >= 0.3 is 0 Å². The van der Waals surface area contributed by atoms with Crippen LogP contribution in [0.3, 0.4) is 0 Å². The van der Waals surface area contributed by atoms with Crippen LogP contribution in [0.4, 0.5) is 8.78 Å². The van der Waals surface area contributed by atoms with Crippen molar-refractivity contribution in [1.29, 1.82) is 0 Å². The third kappa shape index (κ3) is 4.27. The number of hydrogen-bond donors (Lipinski definition) is 1. The molecule has 1 amide bonds. The fourth-order valence-electron chi connectivity index (χ4n) is 4.21. The number of benzene rings is 1. The van der Waals surface area contributed by atoms with Crippen LogP contribution in [-0.4, -0.2) is 121 Å². The van der Waals surface area contributed by atoms with Crippen LogP contribution in [0.5, 0.6) is 0 Å². The first kappa shape index (κ1) is 30.1. The van der Waals surface area contributed by atoms with Crippen LogP contribution in [0.1, 0.15) is 21.7 Å². The maximum absolute atomic E-state index is 17.2. The molecule has 0 saturated carbocycles. The number of nitrogens with one attached hydrogen (secondary N) is 1. The fraction of sp³-hybridized carbons (Fsp3) is 0.421. The molecule has 0 spiro atoms. The number of alkyl halides is 1. The summed E-state index contributed by atoms with van der Waals surface area (Å²) in [6.07, 6.45) is 2.97. The topological polar surface area (TPSA) is 58.1 Å². The molecule has 1 aliphatic heterocycles. The summed E-state index contributed by atoms with van der Waals surface area (Å²) in [6, 6.07) is 2.77. The highest BCUT2D eigenvalue weighted by molar-refractivity contribution is 6.63. The molecule has 0 aliphatic carbocycles. The Labute approximate surface area is 233 Å². The van der Waals surface area contributed by atoms with Gasteiger partial charge in [0.2, 0.25) is 0 Å². The molecular weight excluding hydrogens is 482 g/mol. The van der Waals surface area contributed by atoms with E-state index in [9.17, 15) is 9.18 Å². The van der Waals surface area contributed by atoms with Crippen molar-refractivity contribution in [2.45, 2.75) is 45.6 Å². The summed E-state index contributed by atoms with van der Waals surface area (Å²) in [5.74, 6) is -1.94. The molecule has 2 heterocycles. The van der Waals surface area contributed by atoms with Crippen molar-refractivity contribution in [3.63, 3.8) is 0 Å². The second-order valence-electron chi connectivity index (χ2n) is 9.22. The number of amides is 1. The van der Waals surface area contributed by atoms with E-state index < -0.39 is 48.9 Å². The molecule has 1 fully saturated rings. The first-order chi connectivity index (χ1) is 16.7. The molecule has 3 rings (SSSR count). The molecule has 37 heavy (non-hydrogen) atoms. The Morgan fingerprint density at radius 2 is 1.51 bits per heavy atom. The van der Waals surface area contributed by atoms with Crippen molar-refractivity contribution >= 4 is 96.0 Å². The van der Waals surface area contributed by atoms with E-state index in [1.54, 1.807) is 6.92 Å². The van der Waals surface area contributed by atoms with Crippen molar-refractivity contribution in [2.75, 3.05) is 0 Å². The number of carbonyl (C=O) groups excluding carboxylic acids is 1. The van der Waals surface area contributed by atoms with E-state index in [0.717, 1.165) is 23.8 Å². The van der Waals surface area contributed by atoms with E-state index in [2.05, 4.69) is 15.3 Å². The van der Waals surface area contributed by atoms with E-state index >= 15 is 4.39 Å². The van der Waals surface area contributed by atoms with Gasteiger partial charge < -0.3 is 10.2 Å². The Morgan fingerprint density at radius 3 is 1.97 bits per heavy atom. The summed E-state index contributed by atoms with van der Waals surface area (Å²) < 4.78 is 30.9. The summed E-state index contributed by atoms with van der Waals surface area (Å²) in [4.78, 5) is 21.8. The monoisotopic (exact) mass is 494 g/mol. The van der Waals surface area contributed by atoms with Crippen LogP contribution in [0, 0.1) is 12.7 Å². The largest absolute Gasteiger partial charge is 0.363 e. The van der Waals surface area contributed by atoms with Crippen molar-refractivity contribution in [2.24, 2.45) is 0 Å². The fourth-order valence-corrected chi connectivity index (χ4v) is 4.39. The minimum Gasteiger partial charge on any atom is -0.363 e. The van der Waals surface area contributed by atoms with Gasteiger partial charge in [0.15, 0.2) is 0 Å². The lowest BCUT2D eigenvalue weighted by Gasteiger charge is -2.79. The molecule has 1 aromatic carbocycles. The first-order valence-corrected chi connectivity index (χ1v) is 10.9. The molecule has 0 atom stereocenters. The summed E-state index contributed by atoms with van der Waals surface area (Å²) in [6.45, 7) is 1.41. The van der Waals surface area contributed by atoms with E-state index in [1.807, 2.05) is 0 Å². The molecule has 1 N–H and O–H groups in total. The second-order valence-corrected chi connectivity index (χ2v) is 9.62. The maximum Gasteiger partial charge on any atom is 0.252 e. The molecular formula is C19H11B10ClF2N4O. The number of rotatable bonds is 5. The number of aromatic nitrogens is 2. The number of aryl methyl sites for hydroxylation is 1. The van der Waals surface area contributed by atoms with Gasteiger partial charge in [0.05, 0.1) is 95.7 Å². The molecule has 1 saturated heterocycles. The number of hydrogen-bond acceptors (Lipinski definition) is 4. The SMILES string of the molecule is [B]C([B])(NCc1ncc(C)cn1)C1(F)C([B])([B])C([B])([B])N(C(=O)c2ccc(F)c(Cl)c2)C([B])([B])C1([B])[B]. The van der Waals surface area contributed by atoms with Crippen molar-refractivity contribution in [3.8, 4) is 0 Å². The van der Waals surface area contributed by atoms with Crippen LogP contribution in [0.15, 0.2) is 30.6 Å². The van der Waals surface area contributed by atoms with Gasteiger partial charge in [-0.3, -0.25) is 4.79 Å². The highest BCUT2D eigenvalue weighted by atomic mass is 35.5. The molecule has 1 aromatic heterocycles. The maximum atomic E-state index is 17.2. The number of likely N-dealkylation sites (tertiary alicyclic amines) is 1. The zero-order chi connectivity index (χ0) is 28.4. The average molecular weight is 493 g/mol. The number of carbonyl (C=O) groups is 1. The van der Waals surface area contributed by atoms with Crippen molar-refractivity contribution < 1.29 is 13.6 Å². The Morgan fingerprint density at radius 1 is 1.03 bits per heavy atom. The molecule has 5 nitrogen and oxygen atoms in total. The molecule has 20 radical (unpaired) electrons. The van der Waals surface area contributed by atoms with Gasteiger partial charge in [-0.05, 0) is 46.7 Å². The van der Waals surface area contributed by atoms with E-state index in [-0.39, 0.29) is 22.8 Å². The summed E-state index contributed by atoms with van der Waals surface area (Å²) >= 11 is 5.77. The van der Waals surface area contributed by atoms with Crippen LogP contribution in [-0.2, 0) is 6.54 Å². The van der Waals surface area contributed by atoms with Gasteiger partial charge in [0, 0.05) is 18.0 Å². The highest BCUT2D eigenvalue weighted by Gasteiger charge is 2.73. The van der Waals surface area contributed by atoms with Gasteiger partial charge in [-0.2, -0.15) is 0 Å². The molecule has 164 valence electrons. The molecule has 0 unspecified atom stereocenters. The molecule has 1 aliphatic rings. The van der Waals surface area contributed by atoms with E-state index in [0.29, 0.717) is 0 Å². The quantitative estimate of drug-likeness (QED) is 0.512. The first-order valence-electron chi connectivity index (χ1n) is 10.6. The lowest BCUT2D eigenvalue weighted by atomic mass is 9.11. The smallest absolute Gasteiger partial charge is 0.252 e. The zero-order valence-electron chi connectivity index (χ0n) is 19.8. The minimum atomic E-state index is -3.66. The number of halogens is 3. The lowest BCUT2D eigenvalue weighted by Crippen LogP contribution is -2.89. The van der Waals surface area contributed by atoms with E-state index in [4.69, 9.17) is 90.1 Å². The highest BCUT2D eigenvalue weighted by Crippen LogP contribution is 2.67. The molecule has 0 bridgehead atoms. The predicted octanol–water partition coefficient (Wildman–Crippen LogP) is -1.59. The Bertz CT molecular complexity index is 1190. The van der Waals surface area contributed by atoms with Gasteiger partial charge in [0.25, 0.3) is 5.91 Å². The lowest BCUT2D eigenvalue weighted by molar-refractivity contribution is -0.0348. The normalized spacial score (nSPS) is 21.2. The number of piperidine rings is 1. The third-order valence-electron chi connectivity index (χ3n) is 6.52. The van der Waals surface area contributed by atoms with Gasteiger partial charge in [0.1, 0.15) is 11.6 Å². The van der Waals surface area contributed by atoms with Gasteiger partial charge in [-0.15, -0.1) is 0 Å². The summed E-state index contributed by atoms with van der Waals surface area (Å²) in [5, 5.41) is -13.1.